The third kappa shape index (κ3) is 3.02. The average Bonchev–Trinajstić information content (AvgIpc) is 2.59. The largest absolute Gasteiger partial charge is 1.00 e. The zero-order valence-electron chi connectivity index (χ0n) is 8.84. The van der Waals surface area contributed by atoms with E-state index in [1.54, 1.807) is 18.2 Å². The summed E-state index contributed by atoms with van der Waals surface area (Å²) in [7, 11) is 1.49. The van der Waals surface area contributed by atoms with Crippen LogP contribution < -0.4 is 60.9 Å². The van der Waals surface area contributed by atoms with Crippen molar-refractivity contribution >= 4 is 33.2 Å². The number of halogens is 3. The van der Waals surface area contributed by atoms with E-state index in [4.69, 9.17) is 4.74 Å². The van der Waals surface area contributed by atoms with Crippen molar-refractivity contribution in [1.82, 2.24) is 0 Å². The monoisotopic (exact) mass is 270 g/mol. The van der Waals surface area contributed by atoms with E-state index in [1.807, 2.05) is 0 Å². The molecule has 0 saturated heterocycles. The molecule has 1 aromatic heterocycles. The maximum absolute atomic E-state index is 12.5. The summed E-state index contributed by atoms with van der Waals surface area (Å²) in [5, 5.41) is 0.606. The van der Waals surface area contributed by atoms with Crippen molar-refractivity contribution in [1.29, 1.82) is 0 Å². The fourth-order valence-corrected chi connectivity index (χ4v) is 2.31. The minimum atomic E-state index is -4.90. The molecule has 7 heteroatoms. The Morgan fingerprint density at radius 1 is 1.19 bits per heavy atom. The van der Waals surface area contributed by atoms with Gasteiger partial charge in [0.25, 0.3) is 0 Å². The molecule has 2 aromatic rings. The number of rotatable bonds is 2. The molecule has 0 bridgehead atoms. The second-order valence-electron chi connectivity index (χ2n) is 3.13. The SMILES string of the molecule is COc1ccc2cc([B-](F)(F)F)sc2c1.[K+]. The molecule has 0 amide bonds. The van der Waals surface area contributed by atoms with Crippen molar-refractivity contribution in [2.45, 2.75) is 0 Å². The molecule has 0 unspecified atom stereocenters. The van der Waals surface area contributed by atoms with Gasteiger partial charge in [-0.3, -0.25) is 0 Å². The summed E-state index contributed by atoms with van der Waals surface area (Å²) >= 11 is 0.757. The molecule has 0 aliphatic rings. The first kappa shape index (κ1) is 14.5. The number of hydrogen-bond acceptors (Lipinski definition) is 2. The van der Waals surface area contributed by atoms with Crippen molar-refractivity contribution < 1.29 is 69.1 Å². The van der Waals surface area contributed by atoms with E-state index in [0.717, 1.165) is 11.3 Å². The minimum Gasteiger partial charge on any atom is -0.497 e. The fourth-order valence-electron chi connectivity index (χ4n) is 1.32. The molecule has 0 atom stereocenters. The van der Waals surface area contributed by atoms with Crippen molar-refractivity contribution in [3.05, 3.63) is 24.3 Å². The predicted octanol–water partition coefficient (Wildman–Crippen LogP) is -0.0317. The molecule has 0 N–H and O–H groups in total. The molecule has 2 rings (SSSR count). The Balaban J connectivity index is 0.00000128. The third-order valence-electron chi connectivity index (χ3n) is 2.07. The van der Waals surface area contributed by atoms with Gasteiger partial charge in [0.15, 0.2) is 0 Å². The van der Waals surface area contributed by atoms with Crippen LogP contribution in [0.25, 0.3) is 10.1 Å². The summed E-state index contributed by atoms with van der Waals surface area (Å²) in [6.07, 6.45) is 0. The summed E-state index contributed by atoms with van der Waals surface area (Å²) in [5.74, 6) is 0.575. The van der Waals surface area contributed by atoms with Gasteiger partial charge in [-0.1, -0.05) is 10.8 Å². The van der Waals surface area contributed by atoms with Crippen LogP contribution in [-0.4, -0.2) is 14.1 Å². The van der Waals surface area contributed by atoms with E-state index in [9.17, 15) is 12.9 Å². The third-order valence-corrected chi connectivity index (χ3v) is 3.26. The van der Waals surface area contributed by atoms with E-state index in [0.29, 0.717) is 15.8 Å². The van der Waals surface area contributed by atoms with Gasteiger partial charge in [-0.05, 0) is 23.6 Å². The van der Waals surface area contributed by atoms with Gasteiger partial charge in [0.2, 0.25) is 0 Å². The molecular weight excluding hydrogens is 263 g/mol. The number of thiophene rings is 1. The number of fused-ring (bicyclic) bond motifs is 1. The Kier molecular flexibility index (Phi) is 4.91. The van der Waals surface area contributed by atoms with Gasteiger partial charge in [-0.2, -0.15) is 11.3 Å². The summed E-state index contributed by atoms with van der Waals surface area (Å²) in [5.41, 5.74) is 0. The summed E-state index contributed by atoms with van der Waals surface area (Å²) in [6.45, 7) is -4.90. The number of methoxy groups -OCH3 is 1. The molecule has 0 fully saturated rings. The van der Waals surface area contributed by atoms with Gasteiger partial charge in [-0.15, -0.1) is 0 Å². The van der Waals surface area contributed by atoms with Gasteiger partial charge in [-0.25, -0.2) is 0 Å². The molecule has 1 aromatic carbocycles. The Labute approximate surface area is 137 Å². The van der Waals surface area contributed by atoms with Crippen molar-refractivity contribution in [3.63, 3.8) is 0 Å². The van der Waals surface area contributed by atoms with Crippen LogP contribution in [0.2, 0.25) is 0 Å². The Bertz CT molecular complexity index is 497. The standard InChI is InChI=1S/C9H7BF3OS.K/c1-14-7-3-2-6-4-9(10(11,12)13)15-8(6)5-7;/h2-5H,1H3;/q-1;+1. The Morgan fingerprint density at radius 3 is 2.44 bits per heavy atom. The zero-order valence-corrected chi connectivity index (χ0v) is 12.8. The molecule has 0 spiro atoms. The fraction of sp³-hybridized carbons (Fsp3) is 0.111. The number of benzene rings is 1. The first-order valence-corrected chi connectivity index (χ1v) is 5.10. The number of ether oxygens (including phenoxy) is 1. The maximum atomic E-state index is 12.5. The van der Waals surface area contributed by atoms with Gasteiger partial charge in [0, 0.05) is 4.70 Å². The second kappa shape index (κ2) is 5.41. The normalized spacial score (nSPS) is 11.2. The van der Waals surface area contributed by atoms with Crippen molar-refractivity contribution in [2.24, 2.45) is 0 Å². The molecule has 16 heavy (non-hydrogen) atoms. The zero-order chi connectivity index (χ0) is 11.1. The van der Waals surface area contributed by atoms with E-state index in [1.165, 1.54) is 13.2 Å². The molecular formula is C9H7BF3KOS. The van der Waals surface area contributed by atoms with Crippen LogP contribution in [0.4, 0.5) is 12.9 Å². The molecule has 80 valence electrons. The van der Waals surface area contributed by atoms with Gasteiger partial charge < -0.3 is 17.7 Å². The smallest absolute Gasteiger partial charge is 0.497 e. The van der Waals surface area contributed by atoms with E-state index in [2.05, 4.69) is 0 Å². The van der Waals surface area contributed by atoms with Gasteiger partial charge in [0.05, 0.1) is 7.11 Å². The summed E-state index contributed by atoms with van der Waals surface area (Å²) in [6, 6.07) is 6.09. The number of hydrogen-bond donors (Lipinski definition) is 0. The van der Waals surface area contributed by atoms with Crippen LogP contribution in [0, 0.1) is 0 Å². The first-order valence-electron chi connectivity index (χ1n) is 4.28. The first-order chi connectivity index (χ1) is 7.00. The predicted molar refractivity (Wildman–Crippen MR) is 57.1 cm³/mol. The average molecular weight is 270 g/mol. The van der Waals surface area contributed by atoms with Crippen molar-refractivity contribution in [2.75, 3.05) is 7.11 Å². The van der Waals surface area contributed by atoms with Crippen LogP contribution in [-0.2, 0) is 0 Å². The van der Waals surface area contributed by atoms with Crippen LogP contribution in [0.1, 0.15) is 0 Å². The Morgan fingerprint density at radius 2 is 1.88 bits per heavy atom. The van der Waals surface area contributed by atoms with E-state index in [-0.39, 0.29) is 51.4 Å². The molecule has 0 radical (unpaired) electrons. The summed E-state index contributed by atoms with van der Waals surface area (Å²) in [4.78, 5) is 0. The second-order valence-corrected chi connectivity index (χ2v) is 4.24. The van der Waals surface area contributed by atoms with Gasteiger partial charge in [0.1, 0.15) is 5.75 Å². The van der Waals surface area contributed by atoms with Crippen LogP contribution >= 0.6 is 11.3 Å². The molecule has 1 nitrogen and oxygen atoms in total. The minimum absolute atomic E-state index is 0. The quantitative estimate of drug-likeness (QED) is 0.696. The Hall–Kier alpha value is 0.471. The molecule has 0 saturated carbocycles. The van der Waals surface area contributed by atoms with E-state index < -0.39 is 11.8 Å². The van der Waals surface area contributed by atoms with Crippen LogP contribution in [0.5, 0.6) is 5.75 Å². The van der Waals surface area contributed by atoms with E-state index >= 15 is 0 Å². The molecule has 0 aliphatic carbocycles. The van der Waals surface area contributed by atoms with Crippen LogP contribution in [0.3, 0.4) is 0 Å². The topological polar surface area (TPSA) is 9.23 Å². The van der Waals surface area contributed by atoms with Gasteiger partial charge >= 0.3 is 58.4 Å². The van der Waals surface area contributed by atoms with Crippen molar-refractivity contribution in [3.8, 4) is 5.75 Å². The summed E-state index contributed by atoms with van der Waals surface area (Å²) < 4.78 is 42.4. The molecule has 1 heterocycles. The van der Waals surface area contributed by atoms with Crippen LogP contribution in [0.15, 0.2) is 24.3 Å². The molecule has 0 aliphatic heterocycles. The maximum Gasteiger partial charge on any atom is 1.00 e.